The number of imidazole rings is 1. The minimum absolute atomic E-state index is 0.724. The summed E-state index contributed by atoms with van der Waals surface area (Å²) in [4.78, 5) is 7.65. The number of benzene rings is 2. The molecule has 1 radical (unpaired) electrons. The van der Waals surface area contributed by atoms with E-state index in [1.54, 1.807) is 0 Å². The number of aromatic nitrogens is 2. The molecular formula is C16H15N2. The van der Waals surface area contributed by atoms with E-state index in [-0.39, 0.29) is 0 Å². The fraction of sp³-hybridized carbons (Fsp3) is 0.125. The smallest absolute Gasteiger partial charge is 0.107 e. The Balaban J connectivity index is 2.07. The molecule has 0 saturated carbocycles. The first-order chi connectivity index (χ1) is 8.74. The molecule has 1 N–H and O–H groups in total. The Morgan fingerprint density at radius 3 is 2.67 bits per heavy atom. The van der Waals surface area contributed by atoms with Crippen molar-refractivity contribution in [3.05, 3.63) is 71.9 Å². The minimum atomic E-state index is 0.724. The van der Waals surface area contributed by atoms with E-state index in [2.05, 4.69) is 60.2 Å². The number of rotatable bonds is 2. The van der Waals surface area contributed by atoms with Gasteiger partial charge in [0.25, 0.3) is 0 Å². The Morgan fingerprint density at radius 1 is 1.06 bits per heavy atom. The SMILES string of the molecule is [CH2]c1nc2c(Cc3ccccc3C)cccc2[nH]1. The third kappa shape index (κ3) is 1.90. The highest BCUT2D eigenvalue weighted by Gasteiger charge is 2.07. The molecule has 0 fully saturated rings. The van der Waals surface area contributed by atoms with Crippen molar-refractivity contribution in [2.45, 2.75) is 13.3 Å². The molecule has 0 spiro atoms. The first kappa shape index (κ1) is 11.0. The van der Waals surface area contributed by atoms with Crippen LogP contribution in [0, 0.1) is 13.8 Å². The van der Waals surface area contributed by atoms with E-state index in [9.17, 15) is 0 Å². The number of nitrogens with zero attached hydrogens (tertiary/aromatic N) is 1. The summed E-state index contributed by atoms with van der Waals surface area (Å²) in [5.74, 6) is 0.724. The lowest BCUT2D eigenvalue weighted by molar-refractivity contribution is 1.16. The first-order valence-corrected chi connectivity index (χ1v) is 6.08. The maximum Gasteiger partial charge on any atom is 0.107 e. The molecule has 0 aliphatic heterocycles. The number of para-hydroxylation sites is 1. The van der Waals surface area contributed by atoms with Crippen molar-refractivity contribution in [3.63, 3.8) is 0 Å². The average Bonchev–Trinajstić information content (AvgIpc) is 2.73. The van der Waals surface area contributed by atoms with Crippen LogP contribution < -0.4 is 0 Å². The predicted molar refractivity (Wildman–Crippen MR) is 74.5 cm³/mol. The number of nitrogens with one attached hydrogen (secondary N) is 1. The largest absolute Gasteiger partial charge is 0.342 e. The molecule has 89 valence electrons. The molecule has 0 aliphatic carbocycles. The second-order valence-electron chi connectivity index (χ2n) is 4.60. The van der Waals surface area contributed by atoms with Crippen molar-refractivity contribution in [1.82, 2.24) is 9.97 Å². The molecule has 0 aliphatic rings. The van der Waals surface area contributed by atoms with Crippen molar-refractivity contribution in [2.24, 2.45) is 0 Å². The van der Waals surface area contributed by atoms with Crippen LogP contribution in [-0.2, 0) is 6.42 Å². The molecule has 18 heavy (non-hydrogen) atoms. The second kappa shape index (κ2) is 4.30. The van der Waals surface area contributed by atoms with Gasteiger partial charge < -0.3 is 4.98 Å². The van der Waals surface area contributed by atoms with Gasteiger partial charge in [0.1, 0.15) is 5.82 Å². The summed E-state index contributed by atoms with van der Waals surface area (Å²) in [5, 5.41) is 0. The summed E-state index contributed by atoms with van der Waals surface area (Å²) in [6.45, 7) is 6.00. The average molecular weight is 235 g/mol. The Kier molecular flexibility index (Phi) is 2.63. The lowest BCUT2D eigenvalue weighted by atomic mass is 10.00. The van der Waals surface area contributed by atoms with E-state index in [1.165, 1.54) is 16.7 Å². The van der Waals surface area contributed by atoms with Crippen LogP contribution in [0.5, 0.6) is 0 Å². The fourth-order valence-electron chi connectivity index (χ4n) is 2.30. The topological polar surface area (TPSA) is 28.7 Å². The summed E-state index contributed by atoms with van der Waals surface area (Å²) in [6.07, 6.45) is 0.911. The molecule has 1 heterocycles. The summed E-state index contributed by atoms with van der Waals surface area (Å²) < 4.78 is 0. The summed E-state index contributed by atoms with van der Waals surface area (Å²) >= 11 is 0. The molecule has 2 aromatic carbocycles. The van der Waals surface area contributed by atoms with Crippen LogP contribution in [0.1, 0.15) is 22.5 Å². The summed E-state index contributed by atoms with van der Waals surface area (Å²) in [6, 6.07) is 14.7. The van der Waals surface area contributed by atoms with Gasteiger partial charge >= 0.3 is 0 Å². The van der Waals surface area contributed by atoms with Crippen molar-refractivity contribution in [1.29, 1.82) is 0 Å². The van der Waals surface area contributed by atoms with E-state index in [0.29, 0.717) is 0 Å². The van der Waals surface area contributed by atoms with Gasteiger partial charge in [0.15, 0.2) is 0 Å². The predicted octanol–water partition coefficient (Wildman–Crippen LogP) is 3.64. The fourth-order valence-corrected chi connectivity index (χ4v) is 2.30. The van der Waals surface area contributed by atoms with E-state index < -0.39 is 0 Å². The van der Waals surface area contributed by atoms with Crippen LogP contribution in [-0.4, -0.2) is 9.97 Å². The van der Waals surface area contributed by atoms with E-state index in [4.69, 9.17) is 0 Å². The lowest BCUT2D eigenvalue weighted by Gasteiger charge is -2.06. The van der Waals surface area contributed by atoms with E-state index >= 15 is 0 Å². The van der Waals surface area contributed by atoms with Gasteiger partial charge in [0.2, 0.25) is 0 Å². The van der Waals surface area contributed by atoms with Crippen LogP contribution in [0.25, 0.3) is 11.0 Å². The van der Waals surface area contributed by atoms with Crippen LogP contribution in [0.2, 0.25) is 0 Å². The third-order valence-electron chi connectivity index (χ3n) is 3.29. The van der Waals surface area contributed by atoms with Gasteiger partial charge in [0, 0.05) is 6.92 Å². The molecule has 3 rings (SSSR count). The molecule has 1 aromatic heterocycles. The molecule has 0 bridgehead atoms. The highest BCUT2D eigenvalue weighted by Crippen LogP contribution is 2.20. The normalized spacial score (nSPS) is 11.0. The number of hydrogen-bond acceptors (Lipinski definition) is 1. The molecule has 2 nitrogen and oxygen atoms in total. The molecule has 0 atom stereocenters. The maximum absolute atomic E-state index is 4.47. The first-order valence-electron chi connectivity index (χ1n) is 6.08. The molecule has 0 saturated heterocycles. The van der Waals surface area contributed by atoms with Gasteiger partial charge in [-0.15, -0.1) is 0 Å². The zero-order valence-electron chi connectivity index (χ0n) is 10.4. The van der Waals surface area contributed by atoms with Gasteiger partial charge in [-0.25, -0.2) is 4.98 Å². The quantitative estimate of drug-likeness (QED) is 0.721. The van der Waals surface area contributed by atoms with Gasteiger partial charge in [-0.05, 0) is 36.1 Å². The standard InChI is InChI=1S/C16H15N2/c1-11-6-3-4-7-13(11)10-14-8-5-9-15-16(14)18-12(2)17-15/h3-9H,2,10H2,1H3,(H,17,18). The summed E-state index contributed by atoms with van der Waals surface area (Å²) in [5.41, 5.74) is 6.00. The Morgan fingerprint density at radius 2 is 1.83 bits per heavy atom. The van der Waals surface area contributed by atoms with Crippen molar-refractivity contribution >= 4 is 11.0 Å². The van der Waals surface area contributed by atoms with E-state index in [1.807, 2.05) is 6.07 Å². The van der Waals surface area contributed by atoms with Crippen molar-refractivity contribution < 1.29 is 0 Å². The monoisotopic (exact) mass is 235 g/mol. The highest BCUT2D eigenvalue weighted by molar-refractivity contribution is 5.79. The Labute approximate surface area is 107 Å². The van der Waals surface area contributed by atoms with Crippen LogP contribution in [0.3, 0.4) is 0 Å². The molecule has 0 unspecified atom stereocenters. The Bertz CT molecular complexity index is 695. The zero-order chi connectivity index (χ0) is 12.5. The van der Waals surface area contributed by atoms with Crippen LogP contribution in [0.15, 0.2) is 42.5 Å². The molecule has 3 aromatic rings. The van der Waals surface area contributed by atoms with Gasteiger partial charge in [-0.1, -0.05) is 36.4 Å². The number of fused-ring (bicyclic) bond motifs is 1. The molecule has 2 heteroatoms. The maximum atomic E-state index is 4.47. The van der Waals surface area contributed by atoms with Gasteiger partial charge in [-0.3, -0.25) is 0 Å². The van der Waals surface area contributed by atoms with Gasteiger partial charge in [-0.2, -0.15) is 0 Å². The van der Waals surface area contributed by atoms with Crippen LogP contribution in [0.4, 0.5) is 0 Å². The number of hydrogen-bond donors (Lipinski definition) is 1. The van der Waals surface area contributed by atoms with Crippen LogP contribution >= 0.6 is 0 Å². The van der Waals surface area contributed by atoms with Crippen molar-refractivity contribution in [2.75, 3.05) is 0 Å². The minimum Gasteiger partial charge on any atom is -0.342 e. The number of aryl methyl sites for hydroxylation is 1. The van der Waals surface area contributed by atoms with E-state index in [0.717, 1.165) is 23.3 Å². The molecular weight excluding hydrogens is 220 g/mol. The molecule has 0 amide bonds. The highest BCUT2D eigenvalue weighted by atomic mass is 14.9. The lowest BCUT2D eigenvalue weighted by Crippen LogP contribution is -1.92. The summed E-state index contributed by atoms with van der Waals surface area (Å²) in [7, 11) is 0. The van der Waals surface area contributed by atoms with Crippen molar-refractivity contribution in [3.8, 4) is 0 Å². The number of aromatic amines is 1. The third-order valence-corrected chi connectivity index (χ3v) is 3.29. The Hall–Kier alpha value is -2.09. The van der Waals surface area contributed by atoms with Gasteiger partial charge in [0.05, 0.1) is 11.0 Å². The number of H-pyrrole nitrogens is 1. The second-order valence-corrected chi connectivity index (χ2v) is 4.60. The zero-order valence-corrected chi connectivity index (χ0v) is 10.4.